The highest BCUT2D eigenvalue weighted by molar-refractivity contribution is 5.88. The molecule has 0 aliphatic carbocycles. The van der Waals surface area contributed by atoms with Gasteiger partial charge in [0.2, 0.25) is 0 Å². The number of fused-ring (bicyclic) bond motifs is 3. The molecule has 0 saturated carbocycles. The van der Waals surface area contributed by atoms with Gasteiger partial charge in [0.1, 0.15) is 11.3 Å². The van der Waals surface area contributed by atoms with E-state index in [4.69, 9.17) is 9.84 Å². The number of nitrogens with zero attached hydrogens (tertiary/aromatic N) is 5. The predicted molar refractivity (Wildman–Crippen MR) is 143 cm³/mol. The van der Waals surface area contributed by atoms with Crippen LogP contribution in [0.15, 0.2) is 41.6 Å². The fraction of sp³-hybridized carbons (Fsp3) is 0.464. The number of aromatic carboxylic acids is 1. The topological polar surface area (TPSA) is 92.8 Å². The standard InChI is InChI=1S/C28H35N5O4/c1-17(2)30-8-6-21(7-9-30)31-14-20(13-29-31)23-10-19-15-32(18(3)4)33-16-24(28(35)36)26(34)12-25(33)22(19)11-27(23)37-5/h10-14,16-18,21H,6-9,15H2,1-5H3,(H,35,36). The van der Waals surface area contributed by atoms with Gasteiger partial charge in [-0.25, -0.2) is 4.79 Å². The number of piperidine rings is 1. The molecule has 1 aromatic carbocycles. The molecule has 2 aliphatic heterocycles. The third kappa shape index (κ3) is 4.52. The van der Waals surface area contributed by atoms with Crippen molar-refractivity contribution in [1.82, 2.24) is 19.4 Å². The highest BCUT2D eigenvalue weighted by Crippen LogP contribution is 2.40. The molecule has 0 spiro atoms. The van der Waals surface area contributed by atoms with Crippen LogP contribution in [-0.4, -0.2) is 62.7 Å². The van der Waals surface area contributed by atoms with Crippen LogP contribution in [0.2, 0.25) is 0 Å². The van der Waals surface area contributed by atoms with Gasteiger partial charge < -0.3 is 19.8 Å². The third-order valence-electron chi connectivity index (χ3n) is 7.68. The van der Waals surface area contributed by atoms with Crippen LogP contribution >= 0.6 is 0 Å². The number of aromatic nitrogens is 3. The molecule has 0 amide bonds. The van der Waals surface area contributed by atoms with E-state index in [1.807, 2.05) is 26.1 Å². The van der Waals surface area contributed by atoms with Crippen molar-refractivity contribution in [2.24, 2.45) is 0 Å². The Morgan fingerprint density at radius 1 is 1.05 bits per heavy atom. The van der Waals surface area contributed by atoms with Crippen molar-refractivity contribution < 1.29 is 14.6 Å². The van der Waals surface area contributed by atoms with Crippen LogP contribution in [0, 0.1) is 0 Å². The van der Waals surface area contributed by atoms with Gasteiger partial charge in [0.25, 0.3) is 0 Å². The van der Waals surface area contributed by atoms with Gasteiger partial charge in [-0.1, -0.05) is 0 Å². The van der Waals surface area contributed by atoms with Crippen LogP contribution in [0.25, 0.3) is 22.4 Å². The van der Waals surface area contributed by atoms with Gasteiger partial charge in [-0.3, -0.25) is 14.2 Å². The molecule has 37 heavy (non-hydrogen) atoms. The molecule has 0 radical (unpaired) electrons. The zero-order valence-corrected chi connectivity index (χ0v) is 22.1. The second kappa shape index (κ2) is 9.70. The van der Waals surface area contributed by atoms with E-state index in [0.29, 0.717) is 30.1 Å². The lowest BCUT2D eigenvalue weighted by Gasteiger charge is -2.38. The Kier molecular flexibility index (Phi) is 6.58. The minimum absolute atomic E-state index is 0.0843. The molecular formula is C28H35N5O4. The minimum atomic E-state index is -1.23. The molecule has 9 heteroatoms. The Bertz CT molecular complexity index is 1380. The van der Waals surface area contributed by atoms with E-state index in [0.717, 1.165) is 48.2 Å². The largest absolute Gasteiger partial charge is 0.496 e. The van der Waals surface area contributed by atoms with Crippen LogP contribution in [0.1, 0.15) is 62.5 Å². The second-order valence-corrected chi connectivity index (χ2v) is 10.6. The number of carboxylic acid groups (broad SMARTS) is 1. The molecule has 0 atom stereocenters. The number of pyridine rings is 1. The van der Waals surface area contributed by atoms with E-state index in [2.05, 4.69) is 40.7 Å². The van der Waals surface area contributed by atoms with Crippen molar-refractivity contribution in [2.45, 2.75) is 65.2 Å². The summed E-state index contributed by atoms with van der Waals surface area (Å²) >= 11 is 0. The highest BCUT2D eigenvalue weighted by Gasteiger charge is 2.28. The predicted octanol–water partition coefficient (Wildman–Crippen LogP) is 3.99. The average molecular weight is 506 g/mol. The highest BCUT2D eigenvalue weighted by atomic mass is 16.5. The Morgan fingerprint density at radius 2 is 1.78 bits per heavy atom. The molecule has 5 rings (SSSR count). The molecule has 1 fully saturated rings. The summed E-state index contributed by atoms with van der Waals surface area (Å²) in [5.74, 6) is -0.540. The van der Waals surface area contributed by atoms with Gasteiger partial charge in [-0.2, -0.15) is 5.10 Å². The van der Waals surface area contributed by atoms with Crippen LogP contribution in [0.3, 0.4) is 0 Å². The summed E-state index contributed by atoms with van der Waals surface area (Å²) in [6.45, 7) is 11.3. The first-order chi connectivity index (χ1) is 17.7. The first-order valence-corrected chi connectivity index (χ1v) is 12.9. The summed E-state index contributed by atoms with van der Waals surface area (Å²) in [6.07, 6.45) is 7.60. The van der Waals surface area contributed by atoms with Crippen molar-refractivity contribution in [1.29, 1.82) is 0 Å². The summed E-state index contributed by atoms with van der Waals surface area (Å²) in [5.41, 5.74) is 3.75. The summed E-state index contributed by atoms with van der Waals surface area (Å²) in [6, 6.07) is 6.51. The number of rotatable bonds is 6. The van der Waals surface area contributed by atoms with Gasteiger partial charge >= 0.3 is 5.97 Å². The summed E-state index contributed by atoms with van der Waals surface area (Å²) in [5, 5.41) is 16.3. The maximum atomic E-state index is 12.6. The SMILES string of the molecule is COc1cc2c(cc1-c1cnn(C3CCN(C(C)C)CC3)c1)CN(C(C)C)n1cc(C(=O)O)c(=O)cc1-2. The first-order valence-electron chi connectivity index (χ1n) is 12.9. The second-order valence-electron chi connectivity index (χ2n) is 10.6. The third-order valence-corrected chi connectivity index (χ3v) is 7.68. The molecule has 0 bridgehead atoms. The fourth-order valence-corrected chi connectivity index (χ4v) is 5.51. The minimum Gasteiger partial charge on any atom is -0.496 e. The first kappa shape index (κ1) is 25.1. The number of ether oxygens (including phenoxy) is 1. The maximum Gasteiger partial charge on any atom is 0.341 e. The molecule has 9 nitrogen and oxygen atoms in total. The zero-order valence-electron chi connectivity index (χ0n) is 22.1. The lowest BCUT2D eigenvalue weighted by molar-refractivity contribution is 0.0694. The monoisotopic (exact) mass is 505 g/mol. The Labute approximate surface area is 216 Å². The molecule has 196 valence electrons. The van der Waals surface area contributed by atoms with Crippen molar-refractivity contribution in [3.63, 3.8) is 0 Å². The van der Waals surface area contributed by atoms with Gasteiger partial charge in [-0.15, -0.1) is 0 Å². The maximum absolute atomic E-state index is 12.6. The number of hydrogen-bond acceptors (Lipinski definition) is 6. The van der Waals surface area contributed by atoms with E-state index >= 15 is 0 Å². The quantitative estimate of drug-likeness (QED) is 0.541. The number of hydrogen-bond donors (Lipinski definition) is 1. The van der Waals surface area contributed by atoms with Gasteiger partial charge in [0.05, 0.1) is 31.6 Å². The summed E-state index contributed by atoms with van der Waals surface area (Å²) < 4.78 is 9.69. The van der Waals surface area contributed by atoms with E-state index in [1.54, 1.807) is 11.8 Å². The molecule has 2 aliphatic rings. The van der Waals surface area contributed by atoms with Gasteiger partial charge in [0, 0.05) is 60.3 Å². The van der Waals surface area contributed by atoms with Crippen molar-refractivity contribution in [3.8, 4) is 28.1 Å². The molecule has 1 N–H and O–H groups in total. The van der Waals surface area contributed by atoms with E-state index in [-0.39, 0.29) is 11.6 Å². The van der Waals surface area contributed by atoms with Crippen molar-refractivity contribution in [3.05, 3.63) is 58.1 Å². The molecular weight excluding hydrogens is 470 g/mol. The zero-order chi connectivity index (χ0) is 26.4. The molecule has 1 saturated heterocycles. The number of carboxylic acids is 1. The average Bonchev–Trinajstić information content (AvgIpc) is 3.37. The van der Waals surface area contributed by atoms with E-state index in [9.17, 15) is 14.7 Å². The van der Waals surface area contributed by atoms with Gasteiger partial charge in [-0.05, 0) is 58.2 Å². The molecule has 3 aromatic rings. The normalized spacial score (nSPS) is 16.2. The number of carbonyl (C=O) groups is 1. The Morgan fingerprint density at radius 3 is 2.41 bits per heavy atom. The van der Waals surface area contributed by atoms with E-state index in [1.165, 1.54) is 12.3 Å². The van der Waals surface area contributed by atoms with Crippen molar-refractivity contribution >= 4 is 5.97 Å². The van der Waals surface area contributed by atoms with Crippen molar-refractivity contribution in [2.75, 3.05) is 25.2 Å². The summed E-state index contributed by atoms with van der Waals surface area (Å²) in [7, 11) is 1.64. The summed E-state index contributed by atoms with van der Waals surface area (Å²) in [4.78, 5) is 26.8. The number of methoxy groups -OCH3 is 1. The van der Waals surface area contributed by atoms with Crippen LogP contribution in [-0.2, 0) is 6.54 Å². The van der Waals surface area contributed by atoms with Crippen LogP contribution in [0.5, 0.6) is 5.75 Å². The lowest BCUT2D eigenvalue weighted by Crippen LogP contribution is -2.44. The van der Waals surface area contributed by atoms with Crippen LogP contribution in [0.4, 0.5) is 0 Å². The molecule has 0 unspecified atom stereocenters. The Hall–Kier alpha value is -3.59. The number of likely N-dealkylation sites (tertiary alicyclic amines) is 1. The number of benzene rings is 1. The fourth-order valence-electron chi connectivity index (χ4n) is 5.51. The molecule has 2 aromatic heterocycles. The van der Waals surface area contributed by atoms with E-state index < -0.39 is 11.4 Å². The van der Waals surface area contributed by atoms with Crippen LogP contribution < -0.4 is 15.2 Å². The Balaban J connectivity index is 1.54. The molecule has 4 heterocycles. The lowest BCUT2D eigenvalue weighted by atomic mass is 9.95. The van der Waals surface area contributed by atoms with Gasteiger partial charge in [0.15, 0.2) is 5.43 Å². The smallest absolute Gasteiger partial charge is 0.341 e.